The maximum absolute atomic E-state index is 10.2. The molecule has 0 spiro atoms. The Bertz CT molecular complexity index is 786. The molecule has 0 aliphatic heterocycles. The van der Waals surface area contributed by atoms with Gasteiger partial charge in [0.05, 0.1) is 19.2 Å². The molecule has 2 aromatic heterocycles. The van der Waals surface area contributed by atoms with Gasteiger partial charge in [-0.3, -0.25) is 0 Å². The molecule has 7 heteroatoms. The summed E-state index contributed by atoms with van der Waals surface area (Å²) in [6, 6.07) is 15.2. The van der Waals surface area contributed by atoms with Gasteiger partial charge in [0.2, 0.25) is 0 Å². The fourth-order valence-corrected chi connectivity index (χ4v) is 2.41. The van der Waals surface area contributed by atoms with Crippen LogP contribution in [0.25, 0.3) is 22.1 Å². The van der Waals surface area contributed by atoms with E-state index in [2.05, 4.69) is 20.4 Å². The average molecular weight is 294 g/mol. The first-order valence-corrected chi connectivity index (χ1v) is 7.06. The van der Waals surface area contributed by atoms with Crippen LogP contribution in [0.5, 0.6) is 0 Å². The van der Waals surface area contributed by atoms with Crippen LogP contribution >= 0.6 is 0 Å². The number of hydrogen-bond acceptors (Lipinski definition) is 5. The zero-order valence-electron chi connectivity index (χ0n) is 11.7. The number of hydrogen-bond donors (Lipinski definition) is 1. The summed E-state index contributed by atoms with van der Waals surface area (Å²) in [5, 5.41) is 27.5. The molecule has 110 valence electrons. The zero-order chi connectivity index (χ0) is 14.9. The van der Waals surface area contributed by atoms with Gasteiger partial charge in [0.15, 0.2) is 0 Å². The van der Waals surface area contributed by atoms with E-state index in [1.165, 1.54) is 9.59 Å². The summed E-state index contributed by atoms with van der Waals surface area (Å²) in [5.74, 6) is 0. The van der Waals surface area contributed by atoms with Crippen LogP contribution in [-0.2, 0) is 13.1 Å². The highest BCUT2D eigenvalue weighted by Gasteiger charge is 2.11. The predicted octanol–water partition coefficient (Wildman–Crippen LogP) is 1.24. The average Bonchev–Trinajstić information content (AvgIpc) is 3.08. The van der Waals surface area contributed by atoms with Crippen molar-refractivity contribution >= 4 is 22.1 Å². The maximum Gasteiger partial charge on any atom is 0.113 e. The van der Waals surface area contributed by atoms with Gasteiger partial charge in [-0.1, -0.05) is 24.3 Å². The molecule has 4 rings (SSSR count). The smallest absolute Gasteiger partial charge is 0.113 e. The van der Waals surface area contributed by atoms with E-state index in [0.717, 1.165) is 22.1 Å². The molecule has 0 aliphatic carbocycles. The van der Waals surface area contributed by atoms with Crippen LogP contribution in [-0.4, -0.2) is 41.2 Å². The Hall–Kier alpha value is -2.80. The van der Waals surface area contributed by atoms with Gasteiger partial charge in [-0.25, -0.2) is 0 Å². The summed E-state index contributed by atoms with van der Waals surface area (Å²) in [6.45, 7) is 0.596. The Morgan fingerprint density at radius 1 is 0.682 bits per heavy atom. The first-order valence-electron chi connectivity index (χ1n) is 7.06. The Morgan fingerprint density at radius 2 is 1.00 bits per heavy atom. The molecule has 0 radical (unpaired) electrons. The van der Waals surface area contributed by atoms with E-state index < -0.39 is 6.10 Å². The monoisotopic (exact) mass is 294 g/mol. The van der Waals surface area contributed by atoms with E-state index in [0.29, 0.717) is 13.1 Å². The van der Waals surface area contributed by atoms with Gasteiger partial charge in [0.25, 0.3) is 0 Å². The highest BCUT2D eigenvalue weighted by atomic mass is 16.3. The second-order valence-corrected chi connectivity index (χ2v) is 5.14. The van der Waals surface area contributed by atoms with Crippen LogP contribution in [0, 0.1) is 0 Å². The van der Waals surface area contributed by atoms with Gasteiger partial charge < -0.3 is 5.11 Å². The van der Waals surface area contributed by atoms with Gasteiger partial charge in [0, 0.05) is 0 Å². The van der Waals surface area contributed by atoms with Crippen LogP contribution in [0.15, 0.2) is 48.5 Å². The summed E-state index contributed by atoms with van der Waals surface area (Å²) in [7, 11) is 0. The highest BCUT2D eigenvalue weighted by Crippen LogP contribution is 2.09. The van der Waals surface area contributed by atoms with Crippen molar-refractivity contribution in [2.75, 3.05) is 0 Å². The van der Waals surface area contributed by atoms with Crippen molar-refractivity contribution in [2.24, 2.45) is 0 Å². The molecule has 0 saturated carbocycles. The van der Waals surface area contributed by atoms with Crippen molar-refractivity contribution in [1.82, 2.24) is 30.0 Å². The van der Waals surface area contributed by atoms with E-state index in [4.69, 9.17) is 0 Å². The third-order valence-corrected chi connectivity index (χ3v) is 3.40. The summed E-state index contributed by atoms with van der Waals surface area (Å²) < 4.78 is 0. The number of aliphatic hydroxyl groups excluding tert-OH is 1. The van der Waals surface area contributed by atoms with Crippen molar-refractivity contribution in [3.8, 4) is 0 Å². The molecule has 2 heterocycles. The van der Waals surface area contributed by atoms with E-state index in [9.17, 15) is 5.11 Å². The highest BCUT2D eigenvalue weighted by molar-refractivity contribution is 5.73. The van der Waals surface area contributed by atoms with E-state index in [1.807, 2.05) is 48.5 Å². The topological polar surface area (TPSA) is 81.6 Å². The Kier molecular flexibility index (Phi) is 3.05. The molecule has 0 bridgehead atoms. The molecule has 7 nitrogen and oxygen atoms in total. The van der Waals surface area contributed by atoms with Crippen LogP contribution in [0.4, 0.5) is 0 Å². The summed E-state index contributed by atoms with van der Waals surface area (Å²) >= 11 is 0. The molecule has 0 unspecified atom stereocenters. The second kappa shape index (κ2) is 5.19. The van der Waals surface area contributed by atoms with Gasteiger partial charge >= 0.3 is 0 Å². The minimum atomic E-state index is -0.663. The Morgan fingerprint density at radius 3 is 1.32 bits per heavy atom. The van der Waals surface area contributed by atoms with Crippen molar-refractivity contribution in [3.63, 3.8) is 0 Å². The number of fused-ring (bicyclic) bond motifs is 2. The number of rotatable bonds is 4. The zero-order valence-corrected chi connectivity index (χ0v) is 11.7. The molecule has 0 saturated heterocycles. The number of nitrogens with zero attached hydrogens (tertiary/aromatic N) is 6. The standard InChI is InChI=1S/C15H14N6O/c22-11(9-20-16-12-5-1-2-6-13(12)17-20)10-21-18-14-7-3-4-8-15(14)19-21/h1-8,11,22H,9-10H2. The van der Waals surface area contributed by atoms with E-state index >= 15 is 0 Å². The Labute approximate surface area is 125 Å². The number of aliphatic hydroxyl groups is 1. The van der Waals surface area contributed by atoms with Crippen LogP contribution in [0.1, 0.15) is 0 Å². The predicted molar refractivity (Wildman–Crippen MR) is 81.1 cm³/mol. The molecule has 0 atom stereocenters. The summed E-state index contributed by atoms with van der Waals surface area (Å²) in [5.41, 5.74) is 3.27. The van der Waals surface area contributed by atoms with Crippen molar-refractivity contribution < 1.29 is 5.11 Å². The number of aromatic nitrogens is 6. The third-order valence-electron chi connectivity index (χ3n) is 3.40. The minimum absolute atomic E-state index is 0.298. The fourth-order valence-electron chi connectivity index (χ4n) is 2.41. The van der Waals surface area contributed by atoms with Crippen LogP contribution < -0.4 is 0 Å². The molecule has 22 heavy (non-hydrogen) atoms. The lowest BCUT2D eigenvalue weighted by Crippen LogP contribution is -2.24. The molecule has 4 aromatic rings. The number of benzene rings is 2. The third kappa shape index (κ3) is 2.42. The van der Waals surface area contributed by atoms with Gasteiger partial charge in [-0.2, -0.15) is 30.0 Å². The largest absolute Gasteiger partial charge is 0.389 e. The lowest BCUT2D eigenvalue weighted by atomic mass is 10.3. The fraction of sp³-hybridized carbons (Fsp3) is 0.200. The van der Waals surface area contributed by atoms with Crippen LogP contribution in [0.3, 0.4) is 0 Å². The van der Waals surface area contributed by atoms with Crippen molar-refractivity contribution in [2.45, 2.75) is 19.2 Å². The molecular formula is C15H14N6O. The van der Waals surface area contributed by atoms with E-state index in [1.54, 1.807) is 0 Å². The molecule has 0 fully saturated rings. The molecule has 1 N–H and O–H groups in total. The molecule has 0 amide bonds. The lowest BCUT2D eigenvalue weighted by molar-refractivity contribution is 0.116. The molecular weight excluding hydrogens is 280 g/mol. The van der Waals surface area contributed by atoms with E-state index in [-0.39, 0.29) is 0 Å². The van der Waals surface area contributed by atoms with Crippen LogP contribution in [0.2, 0.25) is 0 Å². The molecule has 2 aromatic carbocycles. The Balaban J connectivity index is 1.50. The SMILES string of the molecule is OC(Cn1nc2ccccc2n1)Cn1nc2ccccc2n1. The van der Waals surface area contributed by atoms with Gasteiger partial charge in [-0.05, 0) is 24.3 Å². The first-order chi connectivity index (χ1) is 10.8. The summed E-state index contributed by atoms with van der Waals surface area (Å²) in [4.78, 5) is 3.02. The van der Waals surface area contributed by atoms with Crippen molar-refractivity contribution in [3.05, 3.63) is 48.5 Å². The van der Waals surface area contributed by atoms with Gasteiger partial charge in [-0.15, -0.1) is 0 Å². The van der Waals surface area contributed by atoms with Gasteiger partial charge in [0.1, 0.15) is 22.1 Å². The molecule has 0 aliphatic rings. The minimum Gasteiger partial charge on any atom is -0.389 e. The second-order valence-electron chi connectivity index (χ2n) is 5.14. The normalized spacial score (nSPS) is 11.7. The maximum atomic E-state index is 10.2. The lowest BCUT2D eigenvalue weighted by Gasteiger charge is -2.08. The first kappa shape index (κ1) is 12.9. The summed E-state index contributed by atoms with van der Waals surface area (Å²) in [6.07, 6.45) is -0.663. The quantitative estimate of drug-likeness (QED) is 0.612. The van der Waals surface area contributed by atoms with Crippen molar-refractivity contribution in [1.29, 1.82) is 0 Å².